The molecule has 0 heterocycles. The van der Waals surface area contributed by atoms with E-state index in [9.17, 15) is 30.6 Å². The van der Waals surface area contributed by atoms with Gasteiger partial charge in [0, 0.05) is 6.42 Å². The van der Waals surface area contributed by atoms with E-state index in [0.717, 1.165) is 0 Å². The minimum Gasteiger partial charge on any atom is -0.387 e. The molecule has 106 valence electrons. The zero-order valence-electron chi connectivity index (χ0n) is 10.2. The molecule has 0 radical (unpaired) electrons. The van der Waals surface area contributed by atoms with Gasteiger partial charge in [-0.15, -0.1) is 0 Å². The second-order valence-electron chi connectivity index (χ2n) is 5.02. The summed E-state index contributed by atoms with van der Waals surface area (Å²) in [4.78, 5) is 0. The average Bonchev–Trinajstić information content (AvgIpc) is 2.43. The van der Waals surface area contributed by atoms with Crippen molar-refractivity contribution in [3.05, 3.63) is 35.9 Å². The van der Waals surface area contributed by atoms with E-state index in [2.05, 4.69) is 0 Å². The standard InChI is InChI=1S/C13H18O6/c14-8-9(15)11(17)13(19,12(18)10(8)16)6-7-4-2-1-3-5-7/h1-5,8-12,14-19H,6H2/t8?,9-,10+,11-,12-,13?/m1/s1. The molecule has 1 aromatic carbocycles. The van der Waals surface area contributed by atoms with Gasteiger partial charge < -0.3 is 30.6 Å². The van der Waals surface area contributed by atoms with Gasteiger partial charge in [0.2, 0.25) is 0 Å². The molecule has 0 spiro atoms. The Morgan fingerprint density at radius 1 is 0.789 bits per heavy atom. The van der Waals surface area contributed by atoms with Crippen molar-refractivity contribution in [3.8, 4) is 0 Å². The summed E-state index contributed by atoms with van der Waals surface area (Å²) < 4.78 is 0. The summed E-state index contributed by atoms with van der Waals surface area (Å²) in [6.45, 7) is 0. The van der Waals surface area contributed by atoms with Crippen LogP contribution in [-0.2, 0) is 6.42 Å². The normalized spacial score (nSPS) is 43.2. The van der Waals surface area contributed by atoms with Gasteiger partial charge in [-0.3, -0.25) is 0 Å². The topological polar surface area (TPSA) is 121 Å². The molecule has 6 N–H and O–H groups in total. The molecule has 1 fully saturated rings. The van der Waals surface area contributed by atoms with Gasteiger partial charge in [0.1, 0.15) is 36.1 Å². The zero-order chi connectivity index (χ0) is 14.2. The van der Waals surface area contributed by atoms with Crippen LogP contribution in [0.5, 0.6) is 0 Å². The summed E-state index contributed by atoms with van der Waals surface area (Å²) in [5.41, 5.74) is -1.50. The molecule has 1 saturated carbocycles. The number of hydrogen-bond donors (Lipinski definition) is 6. The fourth-order valence-electron chi connectivity index (χ4n) is 2.47. The van der Waals surface area contributed by atoms with Crippen molar-refractivity contribution in [1.29, 1.82) is 0 Å². The summed E-state index contributed by atoms with van der Waals surface area (Å²) >= 11 is 0. The molecule has 0 amide bonds. The average molecular weight is 270 g/mol. The predicted octanol–water partition coefficient (Wildman–Crippen LogP) is -2.22. The minimum absolute atomic E-state index is 0.156. The van der Waals surface area contributed by atoms with Crippen LogP contribution in [0.3, 0.4) is 0 Å². The highest BCUT2D eigenvalue weighted by molar-refractivity contribution is 5.21. The van der Waals surface area contributed by atoms with Crippen LogP contribution in [0.2, 0.25) is 0 Å². The Bertz CT molecular complexity index is 406. The van der Waals surface area contributed by atoms with Crippen molar-refractivity contribution < 1.29 is 30.6 Å². The van der Waals surface area contributed by atoms with E-state index in [0.29, 0.717) is 5.56 Å². The third-order valence-electron chi connectivity index (χ3n) is 3.70. The lowest BCUT2D eigenvalue weighted by atomic mass is 9.72. The molecule has 6 atom stereocenters. The van der Waals surface area contributed by atoms with Gasteiger partial charge in [-0.05, 0) is 5.56 Å². The third-order valence-corrected chi connectivity index (χ3v) is 3.70. The Kier molecular flexibility index (Phi) is 3.91. The molecule has 1 aliphatic carbocycles. The monoisotopic (exact) mass is 270 g/mol. The van der Waals surface area contributed by atoms with Crippen molar-refractivity contribution in [2.75, 3.05) is 0 Å². The lowest BCUT2D eigenvalue weighted by Gasteiger charge is -2.47. The Labute approximate surface area is 110 Å². The highest BCUT2D eigenvalue weighted by Crippen LogP contribution is 2.33. The number of benzene rings is 1. The second-order valence-corrected chi connectivity index (χ2v) is 5.02. The molecule has 2 unspecified atom stereocenters. The van der Waals surface area contributed by atoms with E-state index in [1.165, 1.54) is 0 Å². The van der Waals surface area contributed by atoms with Crippen LogP contribution in [-0.4, -0.2) is 66.8 Å². The first kappa shape index (κ1) is 14.4. The summed E-state index contributed by atoms with van der Waals surface area (Å²) in [5.74, 6) is 0. The lowest BCUT2D eigenvalue weighted by molar-refractivity contribution is -0.267. The van der Waals surface area contributed by atoms with Crippen LogP contribution >= 0.6 is 0 Å². The van der Waals surface area contributed by atoms with E-state index < -0.39 is 36.1 Å². The predicted molar refractivity (Wildman–Crippen MR) is 65.1 cm³/mol. The summed E-state index contributed by atoms with van der Waals surface area (Å²) in [5, 5.41) is 58.8. The molecular weight excluding hydrogens is 252 g/mol. The summed E-state index contributed by atoms with van der Waals surface area (Å²) in [6.07, 6.45) is -8.85. The second kappa shape index (κ2) is 5.16. The van der Waals surface area contributed by atoms with E-state index in [-0.39, 0.29) is 6.42 Å². The maximum absolute atomic E-state index is 10.4. The van der Waals surface area contributed by atoms with Crippen molar-refractivity contribution in [1.82, 2.24) is 0 Å². The highest BCUT2D eigenvalue weighted by Gasteiger charge is 2.57. The van der Waals surface area contributed by atoms with Gasteiger partial charge in [-0.25, -0.2) is 0 Å². The van der Waals surface area contributed by atoms with Crippen LogP contribution in [0.25, 0.3) is 0 Å². The number of rotatable bonds is 2. The smallest absolute Gasteiger partial charge is 0.125 e. The first-order chi connectivity index (χ1) is 8.88. The van der Waals surface area contributed by atoms with Crippen LogP contribution in [0.4, 0.5) is 0 Å². The number of aliphatic hydroxyl groups excluding tert-OH is 5. The van der Waals surface area contributed by atoms with Gasteiger partial charge in [0.15, 0.2) is 0 Å². The SMILES string of the molecule is OC1[C@@H](O)[C@@H](O)C(O)(Cc2ccccc2)[C@H](O)[C@H]1O. The largest absolute Gasteiger partial charge is 0.387 e. The fraction of sp³-hybridized carbons (Fsp3) is 0.538. The molecule has 0 bridgehead atoms. The van der Waals surface area contributed by atoms with Crippen molar-refractivity contribution in [2.45, 2.75) is 42.5 Å². The van der Waals surface area contributed by atoms with Gasteiger partial charge in [-0.1, -0.05) is 30.3 Å². The van der Waals surface area contributed by atoms with Gasteiger partial charge >= 0.3 is 0 Å². The Morgan fingerprint density at radius 3 is 1.74 bits per heavy atom. The van der Waals surface area contributed by atoms with Crippen molar-refractivity contribution in [3.63, 3.8) is 0 Å². The summed E-state index contributed by atoms with van der Waals surface area (Å²) in [7, 11) is 0. The molecule has 0 aliphatic heterocycles. The fourth-order valence-corrected chi connectivity index (χ4v) is 2.47. The molecule has 1 aromatic rings. The van der Waals surface area contributed by atoms with E-state index in [1.807, 2.05) is 0 Å². The molecule has 19 heavy (non-hydrogen) atoms. The molecule has 0 saturated heterocycles. The van der Waals surface area contributed by atoms with E-state index in [4.69, 9.17) is 0 Å². The molecular formula is C13H18O6. The maximum Gasteiger partial charge on any atom is 0.125 e. The van der Waals surface area contributed by atoms with Crippen LogP contribution in [0.15, 0.2) is 30.3 Å². The molecule has 1 aliphatic rings. The lowest BCUT2D eigenvalue weighted by Crippen LogP contribution is -2.71. The number of hydrogen-bond acceptors (Lipinski definition) is 6. The van der Waals surface area contributed by atoms with Crippen LogP contribution in [0.1, 0.15) is 5.56 Å². The molecule has 6 heteroatoms. The zero-order valence-corrected chi connectivity index (χ0v) is 10.2. The van der Waals surface area contributed by atoms with Crippen LogP contribution < -0.4 is 0 Å². The van der Waals surface area contributed by atoms with E-state index >= 15 is 0 Å². The van der Waals surface area contributed by atoms with Crippen molar-refractivity contribution >= 4 is 0 Å². The van der Waals surface area contributed by atoms with E-state index in [1.54, 1.807) is 30.3 Å². The highest BCUT2D eigenvalue weighted by atomic mass is 16.4. The maximum atomic E-state index is 10.4. The van der Waals surface area contributed by atoms with Crippen LogP contribution in [0, 0.1) is 0 Å². The summed E-state index contributed by atoms with van der Waals surface area (Å²) in [6, 6.07) is 8.58. The number of aliphatic hydroxyl groups is 6. The first-order valence-corrected chi connectivity index (χ1v) is 6.04. The molecule has 2 rings (SSSR count). The minimum atomic E-state index is -2.13. The quantitative estimate of drug-likeness (QED) is 0.362. The third kappa shape index (κ3) is 2.38. The Hall–Kier alpha value is -1.02. The van der Waals surface area contributed by atoms with Crippen molar-refractivity contribution in [2.24, 2.45) is 0 Å². The molecule has 6 nitrogen and oxygen atoms in total. The molecule has 0 aromatic heterocycles. The van der Waals surface area contributed by atoms with Gasteiger partial charge in [0.25, 0.3) is 0 Å². The van der Waals surface area contributed by atoms with Gasteiger partial charge in [0.05, 0.1) is 0 Å². The Morgan fingerprint density at radius 2 is 1.26 bits per heavy atom. The Balaban J connectivity index is 2.29. The first-order valence-electron chi connectivity index (χ1n) is 6.04. The van der Waals surface area contributed by atoms with Gasteiger partial charge in [-0.2, -0.15) is 0 Å².